The van der Waals surface area contributed by atoms with Gasteiger partial charge in [-0.15, -0.1) is 11.3 Å². The van der Waals surface area contributed by atoms with Crippen molar-refractivity contribution in [1.29, 1.82) is 0 Å². The third kappa shape index (κ3) is 3.93. The van der Waals surface area contributed by atoms with Gasteiger partial charge in [-0.05, 0) is 44.0 Å². The minimum atomic E-state index is -4.31. The van der Waals surface area contributed by atoms with Crippen molar-refractivity contribution in [3.05, 3.63) is 28.8 Å². The number of thiazole rings is 1. The number of hydrogen-bond donors (Lipinski definition) is 1. The summed E-state index contributed by atoms with van der Waals surface area (Å²) in [4.78, 5) is 4.30. The summed E-state index contributed by atoms with van der Waals surface area (Å²) in [5.74, 6) is 0. The van der Waals surface area contributed by atoms with Gasteiger partial charge in [0.25, 0.3) is 0 Å². The molecule has 0 aliphatic carbocycles. The Hall–Kier alpha value is -1.14. The number of benzene rings is 1. The van der Waals surface area contributed by atoms with Gasteiger partial charge in [0.05, 0.1) is 20.8 Å². The minimum absolute atomic E-state index is 0.446. The smallest absolute Gasteiger partial charge is 0.330 e. The number of rotatable bonds is 6. The van der Waals surface area contributed by atoms with Crippen LogP contribution in [0.2, 0.25) is 0 Å². The van der Waals surface area contributed by atoms with E-state index in [1.54, 1.807) is 0 Å². The van der Waals surface area contributed by atoms with Crippen LogP contribution >= 0.6 is 11.3 Å². The summed E-state index contributed by atoms with van der Waals surface area (Å²) in [6.07, 6.45) is 0.729. The standard InChI is InChI=1S/C14H17F3N2S/c15-14(16,17)10-6-7-12-11(9-10)19-13(20-12)5-3-1-2-4-8-18/h6-7,9H,1-5,8,18H2. The SMILES string of the molecule is NCCCCCCc1nc2cc(C(F)(F)F)ccc2s1. The van der Waals surface area contributed by atoms with E-state index in [-0.39, 0.29) is 0 Å². The Morgan fingerprint density at radius 3 is 2.55 bits per heavy atom. The Balaban J connectivity index is 2.02. The van der Waals surface area contributed by atoms with Crippen LogP contribution in [0.1, 0.15) is 36.3 Å². The maximum absolute atomic E-state index is 12.6. The van der Waals surface area contributed by atoms with E-state index in [0.717, 1.165) is 53.9 Å². The van der Waals surface area contributed by atoms with Crippen LogP contribution in [0, 0.1) is 0 Å². The number of halogens is 3. The molecule has 1 aromatic heterocycles. The van der Waals surface area contributed by atoms with Gasteiger partial charge in [-0.2, -0.15) is 13.2 Å². The molecule has 0 aliphatic rings. The van der Waals surface area contributed by atoms with Crippen LogP contribution in [0.15, 0.2) is 18.2 Å². The second-order valence-electron chi connectivity index (χ2n) is 4.74. The van der Waals surface area contributed by atoms with Gasteiger partial charge in [0.1, 0.15) is 0 Å². The average molecular weight is 302 g/mol. The molecule has 1 aromatic carbocycles. The normalized spacial score (nSPS) is 12.2. The lowest BCUT2D eigenvalue weighted by atomic mass is 10.1. The number of alkyl halides is 3. The van der Waals surface area contributed by atoms with Crippen LogP contribution in [-0.4, -0.2) is 11.5 Å². The van der Waals surface area contributed by atoms with Crippen molar-refractivity contribution >= 4 is 21.6 Å². The van der Waals surface area contributed by atoms with E-state index in [1.165, 1.54) is 17.4 Å². The van der Waals surface area contributed by atoms with Crippen LogP contribution in [0.3, 0.4) is 0 Å². The number of fused-ring (bicyclic) bond motifs is 1. The zero-order chi connectivity index (χ0) is 14.6. The number of unbranched alkanes of at least 4 members (excludes halogenated alkanes) is 3. The Morgan fingerprint density at radius 2 is 1.85 bits per heavy atom. The minimum Gasteiger partial charge on any atom is -0.330 e. The van der Waals surface area contributed by atoms with Gasteiger partial charge in [0.15, 0.2) is 0 Å². The van der Waals surface area contributed by atoms with Crippen molar-refractivity contribution in [2.45, 2.75) is 38.3 Å². The summed E-state index contributed by atoms with van der Waals surface area (Å²) in [6.45, 7) is 0.710. The fourth-order valence-corrected chi connectivity index (χ4v) is 3.02. The van der Waals surface area contributed by atoms with E-state index in [2.05, 4.69) is 4.98 Å². The van der Waals surface area contributed by atoms with Crippen molar-refractivity contribution in [2.24, 2.45) is 5.73 Å². The molecule has 0 radical (unpaired) electrons. The van der Waals surface area contributed by atoms with Crippen LogP contribution < -0.4 is 5.73 Å². The molecule has 1 heterocycles. The molecule has 0 saturated heterocycles. The first-order chi connectivity index (χ1) is 9.50. The number of aryl methyl sites for hydroxylation is 1. The van der Waals surface area contributed by atoms with Crippen molar-refractivity contribution in [2.75, 3.05) is 6.54 Å². The van der Waals surface area contributed by atoms with Crippen molar-refractivity contribution < 1.29 is 13.2 Å². The first-order valence-corrected chi connectivity index (χ1v) is 7.49. The van der Waals surface area contributed by atoms with E-state index in [1.807, 2.05) is 0 Å². The highest BCUT2D eigenvalue weighted by Gasteiger charge is 2.30. The summed E-state index contributed by atoms with van der Waals surface area (Å²) >= 11 is 1.48. The molecule has 0 aliphatic heterocycles. The van der Waals surface area contributed by atoms with Gasteiger partial charge in [0, 0.05) is 0 Å². The molecule has 20 heavy (non-hydrogen) atoms. The molecular weight excluding hydrogens is 285 g/mol. The average Bonchev–Trinajstić information content (AvgIpc) is 2.79. The number of aromatic nitrogens is 1. The summed E-state index contributed by atoms with van der Waals surface area (Å²) in [5, 5.41) is 0.909. The molecule has 6 heteroatoms. The van der Waals surface area contributed by atoms with Gasteiger partial charge < -0.3 is 5.73 Å². The van der Waals surface area contributed by atoms with Gasteiger partial charge in [-0.25, -0.2) is 4.98 Å². The lowest BCUT2D eigenvalue weighted by Gasteiger charge is -2.04. The number of hydrogen-bond acceptors (Lipinski definition) is 3. The fraction of sp³-hybridized carbons (Fsp3) is 0.500. The third-order valence-corrected chi connectivity index (χ3v) is 4.20. The summed E-state index contributed by atoms with van der Waals surface area (Å²) in [7, 11) is 0. The molecule has 0 amide bonds. The van der Waals surface area contributed by atoms with Crippen LogP contribution in [0.4, 0.5) is 13.2 Å². The van der Waals surface area contributed by atoms with Crippen LogP contribution in [-0.2, 0) is 12.6 Å². The lowest BCUT2D eigenvalue weighted by Crippen LogP contribution is -2.03. The largest absolute Gasteiger partial charge is 0.416 e. The van der Waals surface area contributed by atoms with Crippen molar-refractivity contribution in [3.63, 3.8) is 0 Å². The molecule has 110 valence electrons. The molecule has 0 spiro atoms. The Kier molecular flexibility index (Phi) is 4.99. The van der Waals surface area contributed by atoms with Crippen molar-refractivity contribution in [1.82, 2.24) is 4.98 Å². The van der Waals surface area contributed by atoms with E-state index >= 15 is 0 Å². The van der Waals surface area contributed by atoms with E-state index in [4.69, 9.17) is 5.73 Å². The Morgan fingerprint density at radius 1 is 1.10 bits per heavy atom. The second-order valence-corrected chi connectivity index (χ2v) is 5.86. The maximum atomic E-state index is 12.6. The highest BCUT2D eigenvalue weighted by molar-refractivity contribution is 7.18. The van der Waals surface area contributed by atoms with E-state index < -0.39 is 11.7 Å². The fourth-order valence-electron chi connectivity index (χ4n) is 2.03. The second kappa shape index (κ2) is 6.54. The molecule has 2 N–H and O–H groups in total. The summed E-state index contributed by atoms with van der Waals surface area (Å²) in [6, 6.07) is 3.75. The highest BCUT2D eigenvalue weighted by Crippen LogP contribution is 2.33. The molecule has 0 bridgehead atoms. The predicted molar refractivity (Wildman–Crippen MR) is 75.8 cm³/mol. The quantitative estimate of drug-likeness (QED) is 0.804. The number of nitrogens with zero attached hydrogens (tertiary/aromatic N) is 1. The zero-order valence-corrected chi connectivity index (χ0v) is 11.9. The van der Waals surface area contributed by atoms with Gasteiger partial charge >= 0.3 is 6.18 Å². The van der Waals surface area contributed by atoms with Gasteiger partial charge in [0.2, 0.25) is 0 Å². The first-order valence-electron chi connectivity index (χ1n) is 6.67. The Bertz CT molecular complexity index is 563. The van der Waals surface area contributed by atoms with E-state index in [0.29, 0.717) is 12.1 Å². The molecule has 0 unspecified atom stereocenters. The topological polar surface area (TPSA) is 38.9 Å². The third-order valence-electron chi connectivity index (χ3n) is 3.10. The monoisotopic (exact) mass is 302 g/mol. The maximum Gasteiger partial charge on any atom is 0.416 e. The lowest BCUT2D eigenvalue weighted by molar-refractivity contribution is -0.137. The zero-order valence-electron chi connectivity index (χ0n) is 11.0. The molecule has 2 nitrogen and oxygen atoms in total. The van der Waals surface area contributed by atoms with Gasteiger partial charge in [-0.3, -0.25) is 0 Å². The molecule has 2 aromatic rings. The molecule has 2 rings (SSSR count). The first kappa shape index (κ1) is 15.3. The molecule has 0 saturated carbocycles. The van der Waals surface area contributed by atoms with Gasteiger partial charge in [-0.1, -0.05) is 12.8 Å². The Labute approximate surface area is 119 Å². The molecule has 0 fully saturated rings. The molecular formula is C14H17F3N2S. The summed E-state index contributed by atoms with van der Waals surface area (Å²) in [5.41, 5.74) is 5.23. The predicted octanol–water partition coefficient (Wildman–Crippen LogP) is 4.38. The van der Waals surface area contributed by atoms with E-state index in [9.17, 15) is 13.2 Å². The van der Waals surface area contributed by atoms with Crippen LogP contribution in [0.25, 0.3) is 10.2 Å². The highest BCUT2D eigenvalue weighted by atomic mass is 32.1. The number of nitrogens with two attached hydrogens (primary N) is 1. The van der Waals surface area contributed by atoms with Crippen molar-refractivity contribution in [3.8, 4) is 0 Å². The molecule has 0 atom stereocenters. The summed E-state index contributed by atoms with van der Waals surface area (Å²) < 4.78 is 38.6. The van der Waals surface area contributed by atoms with Crippen LogP contribution in [0.5, 0.6) is 0 Å².